The molecule has 1 aromatic heterocycles. The number of aryl methyl sites for hydroxylation is 2. The van der Waals surface area contributed by atoms with Gasteiger partial charge in [0, 0.05) is 11.5 Å². The van der Waals surface area contributed by atoms with Crippen LogP contribution in [-0.4, -0.2) is 9.78 Å². The summed E-state index contributed by atoms with van der Waals surface area (Å²) in [7, 11) is 1.90. The van der Waals surface area contributed by atoms with Crippen molar-refractivity contribution in [1.82, 2.24) is 9.78 Å². The van der Waals surface area contributed by atoms with Crippen LogP contribution in [0, 0.1) is 18.3 Å². The monoisotopic (exact) mass is 382 g/mol. The largest absolute Gasteiger partial charge is 0.378 e. The summed E-state index contributed by atoms with van der Waals surface area (Å²) >= 11 is 6.89. The van der Waals surface area contributed by atoms with Crippen molar-refractivity contribution < 1.29 is 0 Å². The first-order valence-electron chi connectivity index (χ1n) is 5.64. The fraction of sp³-hybridized carbons (Fsp3) is 0.231. The van der Waals surface area contributed by atoms with Crippen LogP contribution in [0.1, 0.15) is 17.0 Å². The third-order valence-corrected chi connectivity index (χ3v) is 4.33. The van der Waals surface area contributed by atoms with E-state index in [4.69, 9.17) is 5.26 Å². The van der Waals surface area contributed by atoms with Crippen molar-refractivity contribution in [1.29, 1.82) is 5.26 Å². The van der Waals surface area contributed by atoms with Crippen LogP contribution in [-0.2, 0) is 13.6 Å². The summed E-state index contributed by atoms with van der Waals surface area (Å²) in [6, 6.07) is 7.78. The molecule has 0 bridgehead atoms. The van der Waals surface area contributed by atoms with Gasteiger partial charge in [0.05, 0.1) is 33.7 Å². The smallest absolute Gasteiger partial charge is 0.101 e. The van der Waals surface area contributed by atoms with Gasteiger partial charge in [-0.1, -0.05) is 15.9 Å². The lowest BCUT2D eigenvalue weighted by Crippen LogP contribution is -2.07. The number of nitrogens with one attached hydrogen (secondary N) is 1. The van der Waals surface area contributed by atoms with Crippen LogP contribution in [0.3, 0.4) is 0 Å². The Hall–Kier alpha value is -1.32. The molecule has 0 aliphatic carbocycles. The van der Waals surface area contributed by atoms with Crippen LogP contribution in [0.5, 0.6) is 0 Å². The normalized spacial score (nSPS) is 10.3. The molecular weight excluding hydrogens is 372 g/mol. The van der Waals surface area contributed by atoms with Gasteiger partial charge < -0.3 is 5.32 Å². The number of hydrogen-bond donors (Lipinski definition) is 1. The zero-order valence-electron chi connectivity index (χ0n) is 10.5. The predicted molar refractivity (Wildman–Crippen MR) is 81.8 cm³/mol. The Labute approximate surface area is 128 Å². The van der Waals surface area contributed by atoms with Gasteiger partial charge in [0.2, 0.25) is 0 Å². The molecule has 1 aromatic carbocycles. The standard InChI is InChI=1S/C13H12Br2N4/c1-8-13(15)12(19(2)18-8)7-17-11-4-3-10(14)5-9(11)6-16/h3-5,17H,7H2,1-2H3. The van der Waals surface area contributed by atoms with Gasteiger partial charge in [0.1, 0.15) is 6.07 Å². The van der Waals surface area contributed by atoms with Crippen LogP contribution in [0.25, 0.3) is 0 Å². The van der Waals surface area contributed by atoms with Crippen LogP contribution in [0.4, 0.5) is 5.69 Å². The molecule has 0 radical (unpaired) electrons. The van der Waals surface area contributed by atoms with Gasteiger partial charge >= 0.3 is 0 Å². The average molecular weight is 384 g/mol. The summed E-state index contributed by atoms with van der Waals surface area (Å²) in [5.41, 5.74) is 3.43. The lowest BCUT2D eigenvalue weighted by molar-refractivity contribution is 0.712. The number of halogens is 2. The lowest BCUT2D eigenvalue weighted by atomic mass is 10.2. The highest BCUT2D eigenvalue weighted by Crippen LogP contribution is 2.24. The number of benzene rings is 1. The topological polar surface area (TPSA) is 53.6 Å². The second-order valence-electron chi connectivity index (χ2n) is 4.12. The van der Waals surface area contributed by atoms with Crippen LogP contribution < -0.4 is 5.32 Å². The minimum Gasteiger partial charge on any atom is -0.378 e. The van der Waals surface area contributed by atoms with Gasteiger partial charge in [-0.3, -0.25) is 4.68 Å². The summed E-state index contributed by atoms with van der Waals surface area (Å²) in [6.45, 7) is 2.56. The molecule has 2 aromatic rings. The fourth-order valence-corrected chi connectivity index (χ4v) is 2.65. The van der Waals surface area contributed by atoms with E-state index in [-0.39, 0.29) is 0 Å². The number of rotatable bonds is 3. The van der Waals surface area contributed by atoms with E-state index >= 15 is 0 Å². The number of nitrogens with zero attached hydrogens (tertiary/aromatic N) is 3. The summed E-state index contributed by atoms with van der Waals surface area (Å²) in [4.78, 5) is 0. The maximum absolute atomic E-state index is 9.12. The molecule has 0 spiro atoms. The minimum atomic E-state index is 0.605. The van der Waals surface area contributed by atoms with E-state index < -0.39 is 0 Å². The Bertz CT molecular complexity index is 655. The van der Waals surface area contributed by atoms with E-state index in [0.29, 0.717) is 12.1 Å². The van der Waals surface area contributed by atoms with E-state index in [2.05, 4.69) is 48.3 Å². The molecular formula is C13H12Br2N4. The third-order valence-electron chi connectivity index (χ3n) is 2.81. The van der Waals surface area contributed by atoms with Crippen molar-refractivity contribution in [3.63, 3.8) is 0 Å². The van der Waals surface area contributed by atoms with Crippen molar-refractivity contribution in [3.05, 3.63) is 44.1 Å². The van der Waals surface area contributed by atoms with Crippen LogP contribution >= 0.6 is 31.9 Å². The average Bonchev–Trinajstić information content (AvgIpc) is 2.62. The molecule has 19 heavy (non-hydrogen) atoms. The first-order valence-corrected chi connectivity index (χ1v) is 7.23. The maximum atomic E-state index is 9.12. The summed E-state index contributed by atoms with van der Waals surface area (Å²) in [5.74, 6) is 0. The molecule has 2 rings (SSSR count). The van der Waals surface area contributed by atoms with Crippen molar-refractivity contribution >= 4 is 37.5 Å². The first kappa shape index (κ1) is 14.1. The summed E-state index contributed by atoms with van der Waals surface area (Å²) in [5, 5.41) is 16.7. The van der Waals surface area contributed by atoms with Gasteiger partial charge in [-0.25, -0.2) is 0 Å². The molecule has 6 heteroatoms. The second kappa shape index (κ2) is 5.76. The summed E-state index contributed by atoms with van der Waals surface area (Å²) in [6.07, 6.45) is 0. The van der Waals surface area contributed by atoms with Crippen LogP contribution in [0.15, 0.2) is 27.1 Å². The molecule has 0 aliphatic rings. The number of anilines is 1. The second-order valence-corrected chi connectivity index (χ2v) is 5.83. The molecule has 98 valence electrons. The van der Waals surface area contributed by atoms with Gasteiger partial charge in [0.25, 0.3) is 0 Å². The molecule has 0 atom stereocenters. The highest BCUT2D eigenvalue weighted by molar-refractivity contribution is 9.10. The Morgan fingerprint density at radius 1 is 1.42 bits per heavy atom. The van der Waals surface area contributed by atoms with Gasteiger partial charge in [0.15, 0.2) is 0 Å². The molecule has 0 saturated carbocycles. The van der Waals surface area contributed by atoms with Gasteiger partial charge in [-0.15, -0.1) is 0 Å². The molecule has 0 unspecified atom stereocenters. The highest BCUT2D eigenvalue weighted by atomic mass is 79.9. The predicted octanol–water partition coefficient (Wildman–Crippen LogP) is 3.74. The molecule has 0 amide bonds. The van der Waals surface area contributed by atoms with Gasteiger partial charge in [-0.05, 0) is 41.1 Å². The van der Waals surface area contributed by atoms with E-state index in [0.717, 1.165) is 26.0 Å². The number of hydrogen-bond acceptors (Lipinski definition) is 3. The van der Waals surface area contributed by atoms with E-state index in [1.807, 2.05) is 30.8 Å². The van der Waals surface area contributed by atoms with Crippen molar-refractivity contribution in [2.75, 3.05) is 5.32 Å². The zero-order valence-corrected chi connectivity index (χ0v) is 13.7. The van der Waals surface area contributed by atoms with E-state index in [1.165, 1.54) is 0 Å². The Kier molecular flexibility index (Phi) is 4.27. The maximum Gasteiger partial charge on any atom is 0.101 e. The van der Waals surface area contributed by atoms with Gasteiger partial charge in [-0.2, -0.15) is 10.4 Å². The van der Waals surface area contributed by atoms with Crippen molar-refractivity contribution in [2.45, 2.75) is 13.5 Å². The number of aromatic nitrogens is 2. The summed E-state index contributed by atoms with van der Waals surface area (Å²) < 4.78 is 3.72. The number of nitriles is 1. The quantitative estimate of drug-likeness (QED) is 0.878. The molecule has 4 nitrogen and oxygen atoms in total. The Morgan fingerprint density at radius 3 is 2.74 bits per heavy atom. The van der Waals surface area contributed by atoms with E-state index in [9.17, 15) is 0 Å². The molecule has 0 saturated heterocycles. The molecule has 1 N–H and O–H groups in total. The van der Waals surface area contributed by atoms with Crippen molar-refractivity contribution in [3.8, 4) is 6.07 Å². The molecule has 1 heterocycles. The zero-order chi connectivity index (χ0) is 14.0. The highest BCUT2D eigenvalue weighted by Gasteiger charge is 2.11. The SMILES string of the molecule is Cc1nn(C)c(CNc2ccc(Br)cc2C#N)c1Br. The Morgan fingerprint density at radius 2 is 2.16 bits per heavy atom. The lowest BCUT2D eigenvalue weighted by Gasteiger charge is -2.09. The first-order chi connectivity index (χ1) is 9.02. The molecule has 0 fully saturated rings. The fourth-order valence-electron chi connectivity index (χ4n) is 1.81. The molecule has 0 aliphatic heterocycles. The van der Waals surface area contributed by atoms with E-state index in [1.54, 1.807) is 6.07 Å². The van der Waals surface area contributed by atoms with Crippen LogP contribution in [0.2, 0.25) is 0 Å². The van der Waals surface area contributed by atoms with Crippen molar-refractivity contribution in [2.24, 2.45) is 7.05 Å². The third kappa shape index (κ3) is 2.99. The minimum absolute atomic E-state index is 0.605. The Balaban J connectivity index is 2.22.